The first-order valence-corrected chi connectivity index (χ1v) is 5.85. The molecule has 0 fully saturated rings. The van der Waals surface area contributed by atoms with Crippen molar-refractivity contribution in [3.05, 3.63) is 39.6 Å². The zero-order valence-electron chi connectivity index (χ0n) is 8.74. The van der Waals surface area contributed by atoms with Gasteiger partial charge in [-0.2, -0.15) is 4.98 Å². The maximum absolute atomic E-state index is 12.9. The van der Waals surface area contributed by atoms with Gasteiger partial charge in [0.25, 0.3) is 5.19 Å². The van der Waals surface area contributed by atoms with Gasteiger partial charge in [0.2, 0.25) is 0 Å². The Labute approximate surface area is 106 Å². The number of aromatic nitrogens is 1. The molecule has 3 nitrogen and oxygen atoms in total. The quantitative estimate of drug-likeness (QED) is 0.796. The first kappa shape index (κ1) is 12.0. The molecule has 17 heavy (non-hydrogen) atoms. The molecule has 0 bridgehead atoms. The standard InChI is InChI=1S/C11H7ClFNO2S/c1-6-4-7(13)2-3-8(6)16-11-14-10(12)9(5-15)17-11/h2-5H,1H3. The first-order chi connectivity index (χ1) is 8.10. The summed E-state index contributed by atoms with van der Waals surface area (Å²) in [7, 11) is 0. The van der Waals surface area contributed by atoms with E-state index in [0.29, 0.717) is 22.5 Å². The number of carbonyl (C=O) groups excluding carboxylic acids is 1. The van der Waals surface area contributed by atoms with Crippen LogP contribution in [0.15, 0.2) is 18.2 Å². The van der Waals surface area contributed by atoms with E-state index in [9.17, 15) is 9.18 Å². The molecular formula is C11H7ClFNO2S. The Balaban J connectivity index is 2.28. The molecule has 1 heterocycles. The number of aryl methyl sites for hydroxylation is 1. The van der Waals surface area contributed by atoms with Gasteiger partial charge in [0.05, 0.1) is 0 Å². The maximum atomic E-state index is 12.9. The molecule has 1 aromatic carbocycles. The predicted molar refractivity (Wildman–Crippen MR) is 63.7 cm³/mol. The maximum Gasteiger partial charge on any atom is 0.280 e. The fourth-order valence-electron chi connectivity index (χ4n) is 1.23. The lowest BCUT2D eigenvalue weighted by Crippen LogP contribution is -1.87. The second kappa shape index (κ2) is 4.81. The third kappa shape index (κ3) is 2.62. The highest BCUT2D eigenvalue weighted by atomic mass is 35.5. The predicted octanol–water partition coefficient (Wildman–Crippen LogP) is 3.85. The number of carbonyl (C=O) groups is 1. The molecule has 0 aliphatic heterocycles. The van der Waals surface area contributed by atoms with Crippen LogP contribution in [0.25, 0.3) is 0 Å². The highest BCUT2D eigenvalue weighted by Crippen LogP contribution is 2.32. The van der Waals surface area contributed by atoms with Gasteiger partial charge in [-0.15, -0.1) is 0 Å². The van der Waals surface area contributed by atoms with Crippen LogP contribution in [0, 0.1) is 12.7 Å². The van der Waals surface area contributed by atoms with Gasteiger partial charge >= 0.3 is 0 Å². The smallest absolute Gasteiger partial charge is 0.280 e. The average molecular weight is 272 g/mol. The van der Waals surface area contributed by atoms with Crippen LogP contribution in [0.4, 0.5) is 4.39 Å². The fourth-order valence-corrected chi connectivity index (χ4v) is 2.15. The van der Waals surface area contributed by atoms with E-state index in [-0.39, 0.29) is 16.2 Å². The lowest BCUT2D eigenvalue weighted by atomic mass is 10.2. The third-order valence-electron chi connectivity index (χ3n) is 2.03. The Bertz CT molecular complexity index is 571. The molecule has 0 amide bonds. The summed E-state index contributed by atoms with van der Waals surface area (Å²) in [6.07, 6.45) is 0.615. The van der Waals surface area contributed by atoms with Crippen LogP contribution in [-0.2, 0) is 0 Å². The van der Waals surface area contributed by atoms with Crippen molar-refractivity contribution in [3.63, 3.8) is 0 Å². The van der Waals surface area contributed by atoms with E-state index in [4.69, 9.17) is 16.3 Å². The molecule has 1 aromatic heterocycles. The minimum Gasteiger partial charge on any atom is -0.431 e. The molecule has 0 saturated heterocycles. The summed E-state index contributed by atoms with van der Waals surface area (Å²) in [5.74, 6) is 0.148. The van der Waals surface area contributed by atoms with Gasteiger partial charge in [0.1, 0.15) is 16.4 Å². The highest BCUT2D eigenvalue weighted by molar-refractivity contribution is 7.15. The average Bonchev–Trinajstić information content (AvgIpc) is 2.63. The van der Waals surface area contributed by atoms with Gasteiger partial charge in [-0.1, -0.05) is 22.9 Å². The summed E-state index contributed by atoms with van der Waals surface area (Å²) in [4.78, 5) is 14.8. The molecule has 2 rings (SSSR count). The van der Waals surface area contributed by atoms with Gasteiger partial charge in [-0.25, -0.2) is 4.39 Å². The van der Waals surface area contributed by atoms with Crippen LogP contribution in [0.1, 0.15) is 15.2 Å². The Kier molecular flexibility index (Phi) is 3.40. The summed E-state index contributed by atoms with van der Waals surface area (Å²) in [5.41, 5.74) is 0.643. The first-order valence-electron chi connectivity index (χ1n) is 4.65. The molecule has 0 aliphatic rings. The van der Waals surface area contributed by atoms with E-state index in [2.05, 4.69) is 4.98 Å². The van der Waals surface area contributed by atoms with Crippen LogP contribution in [0.3, 0.4) is 0 Å². The van der Waals surface area contributed by atoms with Gasteiger partial charge in [0.15, 0.2) is 11.4 Å². The monoisotopic (exact) mass is 271 g/mol. The molecule has 0 saturated carbocycles. The molecule has 0 unspecified atom stereocenters. The summed E-state index contributed by atoms with van der Waals surface area (Å²) in [6.45, 7) is 1.72. The Hall–Kier alpha value is -1.46. The molecule has 2 aromatic rings. The second-order valence-corrected chi connectivity index (χ2v) is 4.62. The molecule has 88 valence electrons. The number of hydrogen-bond acceptors (Lipinski definition) is 4. The number of halogens is 2. The Morgan fingerprint density at radius 2 is 2.29 bits per heavy atom. The number of nitrogens with zero attached hydrogens (tertiary/aromatic N) is 1. The number of aldehydes is 1. The lowest BCUT2D eigenvalue weighted by Gasteiger charge is -2.04. The molecule has 6 heteroatoms. The van der Waals surface area contributed by atoms with Crippen molar-refractivity contribution < 1.29 is 13.9 Å². The van der Waals surface area contributed by atoms with Crippen LogP contribution < -0.4 is 4.74 Å². The summed E-state index contributed by atoms with van der Waals surface area (Å²) in [5, 5.41) is 0.367. The zero-order valence-corrected chi connectivity index (χ0v) is 10.3. The van der Waals surface area contributed by atoms with Crippen molar-refractivity contribution >= 4 is 29.2 Å². The van der Waals surface area contributed by atoms with Crippen LogP contribution in [0.2, 0.25) is 5.15 Å². The number of rotatable bonds is 3. The summed E-state index contributed by atoms with van der Waals surface area (Å²) in [6, 6.07) is 4.14. The van der Waals surface area contributed by atoms with Gasteiger partial charge in [0, 0.05) is 0 Å². The molecule has 0 radical (unpaired) electrons. The van der Waals surface area contributed by atoms with Crippen molar-refractivity contribution in [1.82, 2.24) is 4.98 Å². The van der Waals surface area contributed by atoms with Gasteiger partial charge in [-0.05, 0) is 30.7 Å². The molecule has 0 N–H and O–H groups in total. The van der Waals surface area contributed by atoms with E-state index >= 15 is 0 Å². The van der Waals surface area contributed by atoms with Crippen LogP contribution in [0.5, 0.6) is 10.9 Å². The number of ether oxygens (including phenoxy) is 1. The zero-order chi connectivity index (χ0) is 12.4. The molecule has 0 spiro atoms. The topological polar surface area (TPSA) is 39.2 Å². The second-order valence-electron chi connectivity index (χ2n) is 3.26. The van der Waals surface area contributed by atoms with Crippen molar-refractivity contribution in [3.8, 4) is 10.9 Å². The number of benzene rings is 1. The van der Waals surface area contributed by atoms with Crippen molar-refractivity contribution in [2.24, 2.45) is 0 Å². The normalized spacial score (nSPS) is 10.3. The van der Waals surface area contributed by atoms with E-state index in [1.54, 1.807) is 6.92 Å². The molecular weight excluding hydrogens is 265 g/mol. The van der Waals surface area contributed by atoms with Crippen molar-refractivity contribution in [1.29, 1.82) is 0 Å². The van der Waals surface area contributed by atoms with Crippen molar-refractivity contribution in [2.45, 2.75) is 6.92 Å². The van der Waals surface area contributed by atoms with Crippen LogP contribution in [-0.4, -0.2) is 11.3 Å². The minimum absolute atomic E-state index is 0.111. The van der Waals surface area contributed by atoms with E-state index in [0.717, 1.165) is 11.3 Å². The van der Waals surface area contributed by atoms with E-state index in [1.165, 1.54) is 18.2 Å². The SMILES string of the molecule is Cc1cc(F)ccc1Oc1nc(Cl)c(C=O)s1. The molecule has 0 aliphatic carbocycles. The van der Waals surface area contributed by atoms with Crippen LogP contribution >= 0.6 is 22.9 Å². The lowest BCUT2D eigenvalue weighted by molar-refractivity contribution is 0.112. The van der Waals surface area contributed by atoms with E-state index in [1.807, 2.05) is 0 Å². The van der Waals surface area contributed by atoms with Gasteiger partial charge in [-0.3, -0.25) is 4.79 Å². The summed E-state index contributed by atoms with van der Waals surface area (Å²) >= 11 is 6.74. The fraction of sp³-hybridized carbons (Fsp3) is 0.0909. The molecule has 0 atom stereocenters. The Morgan fingerprint density at radius 1 is 1.53 bits per heavy atom. The largest absolute Gasteiger partial charge is 0.431 e. The summed E-state index contributed by atoms with van der Waals surface area (Å²) < 4.78 is 18.3. The number of thiazole rings is 1. The minimum atomic E-state index is -0.333. The van der Waals surface area contributed by atoms with Crippen molar-refractivity contribution in [2.75, 3.05) is 0 Å². The van der Waals surface area contributed by atoms with E-state index < -0.39 is 0 Å². The number of hydrogen-bond donors (Lipinski definition) is 0. The highest BCUT2D eigenvalue weighted by Gasteiger charge is 2.11. The Morgan fingerprint density at radius 3 is 2.88 bits per heavy atom. The third-order valence-corrected chi connectivity index (χ3v) is 3.29. The van der Waals surface area contributed by atoms with Gasteiger partial charge < -0.3 is 4.74 Å².